The molecule has 0 aromatic heterocycles. The number of amides is 2. The van der Waals surface area contributed by atoms with Crippen molar-refractivity contribution < 1.29 is 9.59 Å². The molecule has 3 unspecified atom stereocenters. The van der Waals surface area contributed by atoms with Crippen LogP contribution in [0.4, 0.5) is 0 Å². The van der Waals surface area contributed by atoms with Crippen LogP contribution in [0.25, 0.3) is 0 Å². The van der Waals surface area contributed by atoms with Gasteiger partial charge in [-0.05, 0) is 50.9 Å². The zero-order chi connectivity index (χ0) is 15.0. The van der Waals surface area contributed by atoms with Crippen LogP contribution in [-0.2, 0) is 9.59 Å². The molecule has 2 saturated carbocycles. The Morgan fingerprint density at radius 2 is 1.81 bits per heavy atom. The second-order valence-corrected chi connectivity index (χ2v) is 7.13. The Labute approximate surface area is 127 Å². The summed E-state index contributed by atoms with van der Waals surface area (Å²) in [5, 5.41) is 3.05. The Hall–Kier alpha value is -1.06. The minimum Gasteiger partial charge on any atom is -0.342 e. The van der Waals surface area contributed by atoms with E-state index in [2.05, 4.69) is 12.2 Å². The Morgan fingerprint density at radius 1 is 1.14 bits per heavy atom. The molecule has 21 heavy (non-hydrogen) atoms. The maximum absolute atomic E-state index is 13.0. The Bertz CT molecular complexity index is 413. The smallest absolute Gasteiger partial charge is 0.246 e. The summed E-state index contributed by atoms with van der Waals surface area (Å²) in [7, 11) is 0. The molecule has 1 aliphatic heterocycles. The first-order valence-corrected chi connectivity index (χ1v) is 8.76. The molecule has 3 aliphatic rings. The van der Waals surface area contributed by atoms with Gasteiger partial charge < -0.3 is 10.2 Å². The summed E-state index contributed by atoms with van der Waals surface area (Å²) in [6.07, 6.45) is 8.95. The molecule has 0 bridgehead atoms. The predicted molar refractivity (Wildman–Crippen MR) is 81.6 cm³/mol. The minimum atomic E-state index is -0.262. The van der Waals surface area contributed by atoms with Gasteiger partial charge in [-0.1, -0.05) is 26.2 Å². The van der Waals surface area contributed by atoms with E-state index in [0.717, 1.165) is 12.8 Å². The minimum absolute atomic E-state index is 0.0696. The largest absolute Gasteiger partial charge is 0.342 e. The van der Waals surface area contributed by atoms with Gasteiger partial charge >= 0.3 is 0 Å². The molecule has 118 valence electrons. The summed E-state index contributed by atoms with van der Waals surface area (Å²) < 4.78 is 0. The Morgan fingerprint density at radius 3 is 2.38 bits per heavy atom. The van der Waals surface area contributed by atoms with E-state index in [4.69, 9.17) is 0 Å². The van der Waals surface area contributed by atoms with Crippen molar-refractivity contribution in [3.8, 4) is 0 Å². The van der Waals surface area contributed by atoms with E-state index >= 15 is 0 Å². The monoisotopic (exact) mass is 292 g/mol. The van der Waals surface area contributed by atoms with Crippen LogP contribution in [0.3, 0.4) is 0 Å². The summed E-state index contributed by atoms with van der Waals surface area (Å²) in [5.41, 5.74) is 0. The lowest BCUT2D eigenvalue weighted by molar-refractivity contribution is -0.154. The van der Waals surface area contributed by atoms with Crippen LogP contribution in [0, 0.1) is 11.8 Å². The summed E-state index contributed by atoms with van der Waals surface area (Å²) >= 11 is 0. The van der Waals surface area contributed by atoms with E-state index in [1.165, 1.54) is 32.1 Å². The van der Waals surface area contributed by atoms with E-state index in [-0.39, 0.29) is 29.9 Å². The highest BCUT2D eigenvalue weighted by Gasteiger charge is 2.47. The first-order chi connectivity index (χ1) is 10.1. The van der Waals surface area contributed by atoms with Gasteiger partial charge in [-0.3, -0.25) is 9.59 Å². The third-order valence-electron chi connectivity index (χ3n) is 5.71. The Kier molecular flexibility index (Phi) is 4.23. The zero-order valence-corrected chi connectivity index (χ0v) is 13.3. The van der Waals surface area contributed by atoms with E-state index in [1.807, 2.05) is 11.8 Å². The van der Waals surface area contributed by atoms with Gasteiger partial charge in [-0.2, -0.15) is 0 Å². The summed E-state index contributed by atoms with van der Waals surface area (Å²) in [6.45, 7) is 4.14. The molecule has 0 radical (unpaired) electrons. The van der Waals surface area contributed by atoms with Gasteiger partial charge in [0, 0.05) is 6.04 Å². The summed E-state index contributed by atoms with van der Waals surface area (Å²) in [5.74, 6) is 1.22. The van der Waals surface area contributed by atoms with Crippen LogP contribution in [-0.4, -0.2) is 34.8 Å². The highest BCUT2D eigenvalue weighted by molar-refractivity contribution is 5.97. The normalized spacial score (nSPS) is 33.0. The molecule has 2 amide bonds. The maximum Gasteiger partial charge on any atom is 0.246 e. The van der Waals surface area contributed by atoms with Crippen molar-refractivity contribution in [3.05, 3.63) is 0 Å². The fourth-order valence-electron chi connectivity index (χ4n) is 4.21. The SMILES string of the molecule is CCC1C(=O)NC(C2CCCCC2)C(=O)N1C(C)C1CC1. The molecule has 1 N–H and O–H groups in total. The van der Waals surface area contributed by atoms with Gasteiger partial charge in [-0.25, -0.2) is 0 Å². The van der Waals surface area contributed by atoms with Crippen LogP contribution in [0.15, 0.2) is 0 Å². The first kappa shape index (κ1) is 14.9. The van der Waals surface area contributed by atoms with Crippen molar-refractivity contribution in [2.75, 3.05) is 0 Å². The lowest BCUT2D eigenvalue weighted by atomic mass is 9.81. The molecule has 3 fully saturated rings. The number of nitrogens with zero attached hydrogens (tertiary/aromatic N) is 1. The molecular formula is C17H28N2O2. The molecule has 3 rings (SSSR count). The van der Waals surface area contributed by atoms with E-state index in [1.54, 1.807) is 0 Å². The van der Waals surface area contributed by atoms with Gasteiger partial charge in [-0.15, -0.1) is 0 Å². The lowest BCUT2D eigenvalue weighted by Gasteiger charge is -2.45. The number of hydrogen-bond acceptors (Lipinski definition) is 2. The number of rotatable bonds is 4. The molecule has 4 nitrogen and oxygen atoms in total. The molecule has 1 heterocycles. The number of carbonyl (C=O) groups excluding carboxylic acids is 2. The Balaban J connectivity index is 1.80. The predicted octanol–water partition coefficient (Wildman–Crippen LogP) is 2.47. The molecule has 0 aromatic rings. The molecule has 0 spiro atoms. The van der Waals surface area contributed by atoms with Crippen molar-refractivity contribution in [2.24, 2.45) is 11.8 Å². The van der Waals surface area contributed by atoms with E-state index in [0.29, 0.717) is 18.3 Å². The number of nitrogens with one attached hydrogen (secondary N) is 1. The zero-order valence-electron chi connectivity index (χ0n) is 13.3. The van der Waals surface area contributed by atoms with Crippen molar-refractivity contribution in [3.63, 3.8) is 0 Å². The highest BCUT2D eigenvalue weighted by atomic mass is 16.2. The fraction of sp³-hybridized carbons (Fsp3) is 0.882. The highest BCUT2D eigenvalue weighted by Crippen LogP contribution is 2.38. The van der Waals surface area contributed by atoms with Crippen LogP contribution >= 0.6 is 0 Å². The number of piperazine rings is 1. The van der Waals surface area contributed by atoms with E-state index < -0.39 is 0 Å². The van der Waals surface area contributed by atoms with Crippen LogP contribution in [0.1, 0.15) is 65.2 Å². The fourth-order valence-corrected chi connectivity index (χ4v) is 4.21. The van der Waals surface area contributed by atoms with Crippen LogP contribution in [0.2, 0.25) is 0 Å². The average molecular weight is 292 g/mol. The topological polar surface area (TPSA) is 49.4 Å². The lowest BCUT2D eigenvalue weighted by Crippen LogP contribution is -2.67. The molecule has 2 aliphatic carbocycles. The van der Waals surface area contributed by atoms with Crippen molar-refractivity contribution in [2.45, 2.75) is 83.3 Å². The number of hydrogen-bond donors (Lipinski definition) is 1. The second-order valence-electron chi connectivity index (χ2n) is 7.13. The maximum atomic E-state index is 13.0. The summed E-state index contributed by atoms with van der Waals surface area (Å²) in [6, 6.07) is -0.297. The molecule has 0 aromatic carbocycles. The van der Waals surface area contributed by atoms with Crippen LogP contribution < -0.4 is 5.32 Å². The van der Waals surface area contributed by atoms with Gasteiger partial charge in [0.2, 0.25) is 11.8 Å². The second kappa shape index (κ2) is 5.98. The average Bonchev–Trinajstić information content (AvgIpc) is 3.33. The first-order valence-electron chi connectivity index (χ1n) is 8.76. The van der Waals surface area contributed by atoms with Crippen molar-refractivity contribution >= 4 is 11.8 Å². The van der Waals surface area contributed by atoms with Crippen molar-refractivity contribution in [1.82, 2.24) is 10.2 Å². The molecular weight excluding hydrogens is 264 g/mol. The van der Waals surface area contributed by atoms with Gasteiger partial charge in [0.15, 0.2) is 0 Å². The van der Waals surface area contributed by atoms with E-state index in [9.17, 15) is 9.59 Å². The third-order valence-corrected chi connectivity index (χ3v) is 5.71. The third kappa shape index (κ3) is 2.82. The molecule has 3 atom stereocenters. The van der Waals surface area contributed by atoms with Crippen molar-refractivity contribution in [1.29, 1.82) is 0 Å². The standard InChI is InChI=1S/C17H28N2O2/c1-3-14-16(20)18-15(13-7-5-4-6-8-13)17(21)19(14)11(2)12-9-10-12/h11-15H,3-10H2,1-2H3,(H,18,20). The van der Waals surface area contributed by atoms with Crippen LogP contribution in [0.5, 0.6) is 0 Å². The number of carbonyl (C=O) groups is 2. The molecule has 1 saturated heterocycles. The summed E-state index contributed by atoms with van der Waals surface area (Å²) in [4.78, 5) is 27.4. The quantitative estimate of drug-likeness (QED) is 0.865. The van der Waals surface area contributed by atoms with Gasteiger partial charge in [0.05, 0.1) is 0 Å². The van der Waals surface area contributed by atoms with Gasteiger partial charge in [0.1, 0.15) is 12.1 Å². The molecule has 4 heteroatoms. The van der Waals surface area contributed by atoms with Gasteiger partial charge in [0.25, 0.3) is 0 Å².